The van der Waals surface area contributed by atoms with Crippen molar-refractivity contribution in [3.8, 4) is 22.9 Å². The minimum absolute atomic E-state index is 0.0428. The molecule has 1 N–H and O–H groups in total. The van der Waals surface area contributed by atoms with Gasteiger partial charge < -0.3 is 14.7 Å². The fourth-order valence-electron chi connectivity index (χ4n) is 3.24. The maximum atomic E-state index is 12.6. The van der Waals surface area contributed by atoms with Crippen LogP contribution in [0.2, 0.25) is 0 Å². The number of halogens is 3. The minimum Gasteiger partial charge on any atom is -0.507 e. The van der Waals surface area contributed by atoms with Crippen molar-refractivity contribution in [2.24, 2.45) is 0 Å². The van der Waals surface area contributed by atoms with Gasteiger partial charge in [-0.05, 0) is 43.2 Å². The molecule has 1 aromatic heterocycles. The molecule has 0 radical (unpaired) electrons. The molecule has 0 atom stereocenters. The summed E-state index contributed by atoms with van der Waals surface area (Å²) >= 11 is 0. The summed E-state index contributed by atoms with van der Waals surface area (Å²) in [7, 11) is 0. The summed E-state index contributed by atoms with van der Waals surface area (Å²) in [4.78, 5) is 11.0. The van der Waals surface area contributed by atoms with Gasteiger partial charge in [0.05, 0.1) is 11.1 Å². The van der Waals surface area contributed by atoms with Crippen LogP contribution in [0.25, 0.3) is 22.3 Å². The molecule has 0 amide bonds. The normalized spacial score (nSPS) is 14.7. The van der Waals surface area contributed by atoms with E-state index in [0.717, 1.165) is 25.9 Å². The molecule has 0 spiro atoms. The van der Waals surface area contributed by atoms with E-state index in [9.17, 15) is 18.3 Å². The number of ether oxygens (including phenoxy) is 1. The Morgan fingerprint density at radius 2 is 1.74 bits per heavy atom. The molecule has 0 saturated carbocycles. The zero-order chi connectivity index (χ0) is 19.0. The first-order chi connectivity index (χ1) is 12.9. The summed E-state index contributed by atoms with van der Waals surface area (Å²) in [6, 6.07) is 10.7. The standard InChI is InChI=1S/C19H16F3N3O2/c20-19(21,22)27-12-7-8-15-14(11-12)18(25-9-3-4-10-25)24-17(23-15)13-5-1-2-6-16(13)26/h1-2,5-8,11,26H,3-4,9-10H2. The van der Waals surface area contributed by atoms with Crippen LogP contribution in [0, 0.1) is 0 Å². The lowest BCUT2D eigenvalue weighted by atomic mass is 10.1. The predicted octanol–water partition coefficient (Wildman–Crippen LogP) is 4.50. The van der Waals surface area contributed by atoms with E-state index in [-0.39, 0.29) is 11.5 Å². The Balaban J connectivity index is 1.89. The number of nitrogens with zero attached hydrogens (tertiary/aromatic N) is 3. The van der Waals surface area contributed by atoms with E-state index in [2.05, 4.69) is 14.7 Å². The number of aromatic hydroxyl groups is 1. The van der Waals surface area contributed by atoms with Crippen LogP contribution in [0.15, 0.2) is 42.5 Å². The van der Waals surface area contributed by atoms with Crippen molar-refractivity contribution in [1.29, 1.82) is 0 Å². The highest BCUT2D eigenvalue weighted by Crippen LogP contribution is 2.35. The average Bonchev–Trinajstić information content (AvgIpc) is 3.14. The number of aromatic nitrogens is 2. The lowest BCUT2D eigenvalue weighted by Crippen LogP contribution is -2.20. The van der Waals surface area contributed by atoms with Crippen LogP contribution in [-0.4, -0.2) is 34.5 Å². The fraction of sp³-hybridized carbons (Fsp3) is 0.263. The lowest BCUT2D eigenvalue weighted by Gasteiger charge is -2.20. The van der Waals surface area contributed by atoms with Gasteiger partial charge in [0.25, 0.3) is 0 Å². The van der Waals surface area contributed by atoms with Gasteiger partial charge in [-0.25, -0.2) is 9.97 Å². The molecule has 1 fully saturated rings. The molecule has 1 aliphatic heterocycles. The molecule has 4 rings (SSSR count). The zero-order valence-corrected chi connectivity index (χ0v) is 14.2. The molecule has 2 heterocycles. The SMILES string of the molecule is Oc1ccccc1-c1nc(N2CCCC2)c2cc(OC(F)(F)F)ccc2n1. The Labute approximate surface area is 153 Å². The monoisotopic (exact) mass is 375 g/mol. The van der Waals surface area contributed by atoms with E-state index in [4.69, 9.17) is 0 Å². The number of phenols is 1. The van der Waals surface area contributed by atoms with Gasteiger partial charge in [-0.15, -0.1) is 13.2 Å². The third-order valence-electron chi connectivity index (χ3n) is 4.43. The molecule has 0 aliphatic carbocycles. The Bertz CT molecular complexity index is 986. The van der Waals surface area contributed by atoms with E-state index in [1.54, 1.807) is 24.3 Å². The maximum Gasteiger partial charge on any atom is 0.573 e. The molecule has 5 nitrogen and oxygen atoms in total. The van der Waals surface area contributed by atoms with Crippen LogP contribution < -0.4 is 9.64 Å². The van der Waals surface area contributed by atoms with Gasteiger partial charge in [-0.1, -0.05) is 12.1 Å². The highest BCUT2D eigenvalue weighted by atomic mass is 19.4. The van der Waals surface area contributed by atoms with E-state index < -0.39 is 6.36 Å². The average molecular weight is 375 g/mol. The van der Waals surface area contributed by atoms with Crippen molar-refractivity contribution < 1.29 is 23.0 Å². The molecule has 1 aliphatic rings. The predicted molar refractivity (Wildman–Crippen MR) is 94.8 cm³/mol. The Hall–Kier alpha value is -3.03. The fourth-order valence-corrected chi connectivity index (χ4v) is 3.24. The van der Waals surface area contributed by atoms with Crippen molar-refractivity contribution in [3.63, 3.8) is 0 Å². The van der Waals surface area contributed by atoms with Gasteiger partial charge in [0.1, 0.15) is 17.3 Å². The Morgan fingerprint density at radius 1 is 1.00 bits per heavy atom. The van der Waals surface area contributed by atoms with Crippen LogP contribution in [0.5, 0.6) is 11.5 Å². The van der Waals surface area contributed by atoms with Crippen LogP contribution >= 0.6 is 0 Å². The van der Waals surface area contributed by atoms with E-state index in [1.807, 2.05) is 4.90 Å². The summed E-state index contributed by atoms with van der Waals surface area (Å²) in [5.74, 6) is 0.603. The summed E-state index contributed by atoms with van der Waals surface area (Å²) in [5.41, 5.74) is 0.954. The summed E-state index contributed by atoms with van der Waals surface area (Å²) in [6.07, 6.45) is -2.80. The van der Waals surface area contributed by atoms with Gasteiger partial charge in [-0.2, -0.15) is 0 Å². The number of para-hydroxylation sites is 1. The van der Waals surface area contributed by atoms with Gasteiger partial charge in [0.2, 0.25) is 0 Å². The molecule has 1 saturated heterocycles. The summed E-state index contributed by atoms with van der Waals surface area (Å²) in [6.45, 7) is 1.52. The number of hydrogen-bond acceptors (Lipinski definition) is 5. The third-order valence-corrected chi connectivity index (χ3v) is 4.43. The largest absolute Gasteiger partial charge is 0.573 e. The van der Waals surface area contributed by atoms with Gasteiger partial charge in [-0.3, -0.25) is 0 Å². The molecule has 0 bridgehead atoms. The van der Waals surface area contributed by atoms with Crippen molar-refractivity contribution in [2.75, 3.05) is 18.0 Å². The first-order valence-corrected chi connectivity index (χ1v) is 8.51. The summed E-state index contributed by atoms with van der Waals surface area (Å²) in [5, 5.41) is 10.6. The van der Waals surface area contributed by atoms with Crippen molar-refractivity contribution in [2.45, 2.75) is 19.2 Å². The van der Waals surface area contributed by atoms with Crippen LogP contribution in [0.4, 0.5) is 19.0 Å². The molecular formula is C19H16F3N3O2. The first-order valence-electron chi connectivity index (χ1n) is 8.51. The number of rotatable bonds is 3. The second-order valence-corrected chi connectivity index (χ2v) is 6.31. The van der Waals surface area contributed by atoms with Gasteiger partial charge >= 0.3 is 6.36 Å². The van der Waals surface area contributed by atoms with Crippen LogP contribution in [0.3, 0.4) is 0 Å². The molecule has 140 valence electrons. The highest BCUT2D eigenvalue weighted by molar-refractivity contribution is 5.92. The maximum absolute atomic E-state index is 12.6. The quantitative estimate of drug-likeness (QED) is 0.730. The molecule has 0 unspecified atom stereocenters. The van der Waals surface area contributed by atoms with E-state index in [1.165, 1.54) is 18.2 Å². The van der Waals surface area contributed by atoms with Crippen LogP contribution in [-0.2, 0) is 0 Å². The Morgan fingerprint density at radius 3 is 2.44 bits per heavy atom. The Kier molecular flexibility index (Phi) is 4.25. The molecule has 3 aromatic rings. The zero-order valence-electron chi connectivity index (χ0n) is 14.2. The van der Waals surface area contributed by atoms with Crippen LogP contribution in [0.1, 0.15) is 12.8 Å². The number of hydrogen-bond donors (Lipinski definition) is 1. The molecule has 27 heavy (non-hydrogen) atoms. The lowest BCUT2D eigenvalue weighted by molar-refractivity contribution is -0.274. The smallest absolute Gasteiger partial charge is 0.507 e. The number of alkyl halides is 3. The highest BCUT2D eigenvalue weighted by Gasteiger charge is 2.31. The molecule has 8 heteroatoms. The van der Waals surface area contributed by atoms with Crippen molar-refractivity contribution in [3.05, 3.63) is 42.5 Å². The topological polar surface area (TPSA) is 58.5 Å². The van der Waals surface area contributed by atoms with Crippen molar-refractivity contribution in [1.82, 2.24) is 9.97 Å². The van der Waals surface area contributed by atoms with E-state index >= 15 is 0 Å². The van der Waals surface area contributed by atoms with Gasteiger partial charge in [0.15, 0.2) is 5.82 Å². The number of fused-ring (bicyclic) bond motifs is 1. The number of phenolic OH excluding ortho intramolecular Hbond substituents is 1. The second-order valence-electron chi connectivity index (χ2n) is 6.31. The van der Waals surface area contributed by atoms with E-state index in [0.29, 0.717) is 28.1 Å². The second kappa shape index (κ2) is 6.61. The van der Waals surface area contributed by atoms with Gasteiger partial charge in [0, 0.05) is 18.5 Å². The summed E-state index contributed by atoms with van der Waals surface area (Å²) < 4.78 is 41.8. The number of benzene rings is 2. The molecular weight excluding hydrogens is 359 g/mol. The molecule has 2 aromatic carbocycles. The number of anilines is 1. The first kappa shape index (κ1) is 17.4. The third kappa shape index (κ3) is 3.60. The minimum atomic E-state index is -4.77. The van der Waals surface area contributed by atoms with Crippen molar-refractivity contribution >= 4 is 16.7 Å².